The van der Waals surface area contributed by atoms with Crippen molar-refractivity contribution in [2.24, 2.45) is 21.6 Å². The van der Waals surface area contributed by atoms with Gasteiger partial charge in [-0.1, -0.05) is 58.6 Å². The van der Waals surface area contributed by atoms with Crippen LogP contribution in [0.2, 0.25) is 0 Å². The highest BCUT2D eigenvalue weighted by atomic mass is 16.5. The molecule has 34 heavy (non-hydrogen) atoms. The van der Waals surface area contributed by atoms with E-state index in [1.807, 2.05) is 51.2 Å². The van der Waals surface area contributed by atoms with Crippen molar-refractivity contribution in [3.63, 3.8) is 0 Å². The molecule has 0 spiro atoms. The average Bonchev–Trinajstić information content (AvgIpc) is 2.84. The van der Waals surface area contributed by atoms with Gasteiger partial charge in [0, 0.05) is 35.9 Å². The van der Waals surface area contributed by atoms with Gasteiger partial charge in [0.1, 0.15) is 0 Å². The number of anilines is 2. The summed E-state index contributed by atoms with van der Waals surface area (Å²) in [5, 5.41) is 14.8. The molecule has 1 aromatic carbocycles. The fourth-order valence-electron chi connectivity index (χ4n) is 4.19. The average molecular weight is 469 g/mol. The minimum Gasteiger partial charge on any atom is -0.369 e. The molecule has 0 aliphatic heterocycles. The van der Waals surface area contributed by atoms with Crippen LogP contribution < -0.4 is 21.6 Å². The highest BCUT2D eigenvalue weighted by Crippen LogP contribution is 2.30. The van der Waals surface area contributed by atoms with Crippen LogP contribution in [-0.2, 0) is 0 Å². The van der Waals surface area contributed by atoms with Gasteiger partial charge >= 0.3 is 0 Å². The van der Waals surface area contributed by atoms with E-state index in [1.54, 1.807) is 6.20 Å². The summed E-state index contributed by atoms with van der Waals surface area (Å²) in [6.45, 7) is 8.84. The molecule has 0 heterocycles. The van der Waals surface area contributed by atoms with Crippen LogP contribution in [0.3, 0.4) is 0 Å². The highest BCUT2D eigenvalue weighted by molar-refractivity contribution is 5.94. The van der Waals surface area contributed by atoms with E-state index in [0.29, 0.717) is 24.1 Å². The van der Waals surface area contributed by atoms with Crippen molar-refractivity contribution in [2.45, 2.75) is 85.5 Å². The standard InChI is InChI=1S/C27H44N6O/c1-5-8-15-25(22-13-11-10-12-14-22)30-20-21(4)24-17-16-23(19-26(24)33(34)31-7-3)32-27(28)29-18-9-6-2/h9,16-20,22,31,34H,5-8,10-15H2,1-4H3,(H3,28,29,32)/b18-9+,21-20+,30-25?. The Kier molecular flexibility index (Phi) is 12.4. The van der Waals surface area contributed by atoms with Crippen molar-refractivity contribution in [1.82, 2.24) is 5.43 Å². The summed E-state index contributed by atoms with van der Waals surface area (Å²) in [6, 6.07) is 5.76. The van der Waals surface area contributed by atoms with E-state index >= 15 is 0 Å². The molecule has 1 aliphatic rings. The van der Waals surface area contributed by atoms with Gasteiger partial charge in [0.15, 0.2) is 5.96 Å². The first-order chi connectivity index (χ1) is 16.5. The van der Waals surface area contributed by atoms with Gasteiger partial charge in [-0.25, -0.2) is 10.4 Å². The molecular weight excluding hydrogens is 424 g/mol. The van der Waals surface area contributed by atoms with E-state index in [9.17, 15) is 5.21 Å². The molecule has 7 nitrogen and oxygen atoms in total. The van der Waals surface area contributed by atoms with Crippen LogP contribution in [0.5, 0.6) is 0 Å². The van der Waals surface area contributed by atoms with Crippen molar-refractivity contribution < 1.29 is 5.21 Å². The molecule has 5 N–H and O–H groups in total. The lowest BCUT2D eigenvalue weighted by molar-refractivity contribution is 0.214. The summed E-state index contributed by atoms with van der Waals surface area (Å²) in [5.74, 6) is 0.900. The Balaban J connectivity index is 2.34. The minimum atomic E-state index is 0.293. The Morgan fingerprint density at radius 1 is 1.18 bits per heavy atom. The van der Waals surface area contributed by atoms with Gasteiger partial charge in [-0.2, -0.15) is 5.17 Å². The van der Waals surface area contributed by atoms with E-state index in [2.05, 4.69) is 22.7 Å². The first kappa shape index (κ1) is 27.6. The molecule has 7 heteroatoms. The molecule has 1 aromatic rings. The Labute approximate surface area is 205 Å². The molecule has 0 saturated heterocycles. The molecule has 2 rings (SSSR count). The summed E-state index contributed by atoms with van der Waals surface area (Å²) < 4.78 is 0. The molecule has 188 valence electrons. The van der Waals surface area contributed by atoms with Gasteiger partial charge in [-0.3, -0.25) is 10.2 Å². The van der Waals surface area contributed by atoms with Gasteiger partial charge in [-0.05, 0) is 62.7 Å². The monoisotopic (exact) mass is 468 g/mol. The number of nitrogens with one attached hydrogen (secondary N) is 2. The number of guanidine groups is 1. The van der Waals surface area contributed by atoms with E-state index in [0.717, 1.165) is 34.8 Å². The third kappa shape index (κ3) is 8.95. The molecule has 0 amide bonds. The topological polar surface area (TPSA) is 98.3 Å². The van der Waals surface area contributed by atoms with E-state index < -0.39 is 0 Å². The second-order valence-electron chi connectivity index (χ2n) is 8.86. The van der Waals surface area contributed by atoms with Crippen LogP contribution in [-0.4, -0.2) is 23.4 Å². The molecule has 0 radical (unpaired) electrons. The molecule has 0 unspecified atom stereocenters. The van der Waals surface area contributed by atoms with Crippen molar-refractivity contribution in [2.75, 3.05) is 17.0 Å². The van der Waals surface area contributed by atoms with Gasteiger partial charge in [0.05, 0.1) is 5.69 Å². The number of rotatable bonds is 12. The maximum atomic E-state index is 10.6. The van der Waals surface area contributed by atoms with Crippen LogP contribution in [0.1, 0.15) is 91.0 Å². The number of hydrogen-bond donors (Lipinski definition) is 4. The predicted molar refractivity (Wildman–Crippen MR) is 146 cm³/mol. The van der Waals surface area contributed by atoms with Crippen molar-refractivity contribution >= 4 is 28.6 Å². The SMILES string of the molecule is CC/C=C/N=C(N)Nc1ccc(/C(C)=C/N=C(CCCC)C2CCCCC2)c(N(O)NCC)c1. The second-order valence-corrected chi connectivity index (χ2v) is 8.86. The number of allylic oxidation sites excluding steroid dienone is 2. The molecular formula is C27H44N6O. The largest absolute Gasteiger partial charge is 0.369 e. The van der Waals surface area contributed by atoms with Gasteiger partial charge in [-0.15, -0.1) is 0 Å². The Bertz CT molecular complexity index is 868. The first-order valence-corrected chi connectivity index (χ1v) is 12.9. The zero-order valence-corrected chi connectivity index (χ0v) is 21.5. The van der Waals surface area contributed by atoms with Crippen LogP contribution in [0, 0.1) is 5.92 Å². The molecule has 1 aliphatic carbocycles. The number of hydrogen-bond acceptors (Lipinski definition) is 5. The first-order valence-electron chi connectivity index (χ1n) is 12.9. The smallest absolute Gasteiger partial charge is 0.197 e. The molecule has 1 fully saturated rings. The quantitative estimate of drug-likeness (QED) is 0.157. The third-order valence-corrected chi connectivity index (χ3v) is 6.07. The fraction of sp³-hybridized carbons (Fsp3) is 0.556. The maximum Gasteiger partial charge on any atom is 0.197 e. The molecule has 0 bridgehead atoms. The van der Waals surface area contributed by atoms with E-state index in [4.69, 9.17) is 10.7 Å². The van der Waals surface area contributed by atoms with E-state index in [1.165, 1.54) is 50.7 Å². The molecule has 1 saturated carbocycles. The lowest BCUT2D eigenvalue weighted by Gasteiger charge is -2.23. The van der Waals surface area contributed by atoms with Crippen LogP contribution >= 0.6 is 0 Å². The zero-order chi connectivity index (χ0) is 24.8. The second kappa shape index (κ2) is 15.3. The van der Waals surface area contributed by atoms with Crippen LogP contribution in [0.4, 0.5) is 11.4 Å². The van der Waals surface area contributed by atoms with Gasteiger partial charge in [0.25, 0.3) is 0 Å². The summed E-state index contributed by atoms with van der Waals surface area (Å²) in [6.07, 6.45) is 16.4. The number of aliphatic imine (C=N–C) groups is 2. The molecule has 0 atom stereocenters. The number of nitrogens with two attached hydrogens (primary N) is 1. The minimum absolute atomic E-state index is 0.293. The number of unbranched alkanes of at least 4 members (excludes halogenated alkanes) is 1. The summed E-state index contributed by atoms with van der Waals surface area (Å²) in [5.41, 5.74) is 13.5. The Hall–Kier alpha value is -2.64. The lowest BCUT2D eigenvalue weighted by Crippen LogP contribution is -2.35. The van der Waals surface area contributed by atoms with Crippen molar-refractivity contribution in [3.05, 3.63) is 42.2 Å². The lowest BCUT2D eigenvalue weighted by atomic mass is 9.84. The molecule has 0 aromatic heterocycles. The van der Waals surface area contributed by atoms with Gasteiger partial charge < -0.3 is 11.1 Å². The van der Waals surface area contributed by atoms with Crippen molar-refractivity contribution in [1.29, 1.82) is 0 Å². The van der Waals surface area contributed by atoms with Crippen LogP contribution in [0.25, 0.3) is 5.57 Å². The zero-order valence-electron chi connectivity index (χ0n) is 21.5. The number of benzene rings is 1. The Morgan fingerprint density at radius 2 is 1.94 bits per heavy atom. The normalized spacial score (nSPS) is 16.3. The summed E-state index contributed by atoms with van der Waals surface area (Å²) in [7, 11) is 0. The van der Waals surface area contributed by atoms with Crippen molar-refractivity contribution in [3.8, 4) is 0 Å². The third-order valence-electron chi connectivity index (χ3n) is 6.07. The Morgan fingerprint density at radius 3 is 2.62 bits per heavy atom. The predicted octanol–water partition coefficient (Wildman–Crippen LogP) is 6.63. The maximum absolute atomic E-state index is 10.6. The fourth-order valence-corrected chi connectivity index (χ4v) is 4.19. The van der Waals surface area contributed by atoms with E-state index in [-0.39, 0.29) is 0 Å². The number of nitrogens with zero attached hydrogens (tertiary/aromatic N) is 3. The summed E-state index contributed by atoms with van der Waals surface area (Å²) in [4.78, 5) is 9.17. The summed E-state index contributed by atoms with van der Waals surface area (Å²) >= 11 is 0. The highest BCUT2D eigenvalue weighted by Gasteiger charge is 2.19. The number of hydrazine groups is 1. The van der Waals surface area contributed by atoms with Gasteiger partial charge in [0.2, 0.25) is 0 Å². The van der Waals surface area contributed by atoms with Crippen LogP contribution in [0.15, 0.2) is 46.7 Å².